The Morgan fingerprint density at radius 1 is 0.593 bits per heavy atom. The van der Waals surface area contributed by atoms with Crippen molar-refractivity contribution in [3.63, 3.8) is 0 Å². The first kappa shape index (κ1) is 98.2. The molecule has 0 aliphatic heterocycles. The quantitative estimate of drug-likeness (QED) is 0.00721. The molecule has 16 nitrogen and oxygen atoms in total. The molecule has 9 rings (SSSR count). The van der Waals surface area contributed by atoms with E-state index in [-0.39, 0.29) is 72.6 Å². The number of guanidine groups is 1. The van der Waals surface area contributed by atoms with Gasteiger partial charge < -0.3 is 59.8 Å². The lowest BCUT2D eigenvalue weighted by Gasteiger charge is -2.36. The number of carbonyl (C=O) groups excluding carboxylic acids is 2. The van der Waals surface area contributed by atoms with E-state index in [0.29, 0.717) is 66.8 Å². The molecule has 0 radical (unpaired) electrons. The number of imidazole rings is 3. The molecule has 3 aromatic heterocycles. The second-order valence-corrected chi connectivity index (χ2v) is 32.9. The van der Waals surface area contributed by atoms with Crippen molar-refractivity contribution in [3.8, 4) is 23.8 Å². The van der Waals surface area contributed by atoms with Crippen molar-refractivity contribution < 1.29 is 71.6 Å². The van der Waals surface area contributed by atoms with Crippen LogP contribution in [0.25, 0.3) is 22.1 Å². The SMILES string of the molecule is C#CCn1cc[n+](CCCCCCCCCCCCCCCC)c1.CC1CCC(C(C)C)C(OC(=O)Cn2c[n+](CC(=O)OC3CC(C)CCC3C(C)C)c3ccccc32)C1.CCCCCCCCCCCCCCCCn1c[n+](C)c2ccccc21.CCOc1cc(/C=N/N=C(N)N)ccc1OCc1ccc(C)cc1.[Br-].[Cl-]. The Balaban J connectivity index is 0.000000322. The van der Waals surface area contributed by atoms with Crippen LogP contribution in [0, 0.1) is 54.8 Å². The van der Waals surface area contributed by atoms with Gasteiger partial charge in [0.2, 0.25) is 24.9 Å². The highest BCUT2D eigenvalue weighted by atomic mass is 79.9. The van der Waals surface area contributed by atoms with E-state index in [1.165, 1.54) is 209 Å². The predicted molar refractivity (Wildman–Crippen MR) is 458 cm³/mol. The topological polar surface area (TPSA) is 174 Å². The number of esters is 2. The Morgan fingerprint density at radius 3 is 1.60 bits per heavy atom. The number of hydrogen-bond donors (Lipinski definition) is 2. The third kappa shape index (κ3) is 38.4. The molecule has 2 aliphatic carbocycles. The number of halogens is 2. The smallest absolute Gasteiger partial charge is 0.348 e. The third-order valence-electron chi connectivity index (χ3n) is 22.5. The minimum atomic E-state index is -0.212. The van der Waals surface area contributed by atoms with Crippen LogP contribution in [0.4, 0.5) is 0 Å². The number of aryl methyl sites for hydroxylation is 4. The molecule has 113 heavy (non-hydrogen) atoms. The van der Waals surface area contributed by atoms with Crippen molar-refractivity contribution in [3.05, 3.63) is 139 Å². The molecule has 0 spiro atoms. The summed E-state index contributed by atoms with van der Waals surface area (Å²) < 4.78 is 36.4. The Hall–Kier alpha value is -7.16. The largest absolute Gasteiger partial charge is 1.00 e. The van der Waals surface area contributed by atoms with Gasteiger partial charge in [-0.1, -0.05) is 282 Å². The second-order valence-electron chi connectivity index (χ2n) is 32.9. The molecule has 0 amide bonds. The van der Waals surface area contributed by atoms with Crippen molar-refractivity contribution in [2.75, 3.05) is 6.61 Å². The maximum absolute atomic E-state index is 13.1. The van der Waals surface area contributed by atoms with Crippen LogP contribution in [-0.4, -0.2) is 56.6 Å². The molecule has 7 aromatic rings. The molecule has 6 unspecified atom stereocenters. The molecule has 2 aliphatic rings. The lowest BCUT2D eigenvalue weighted by molar-refractivity contribution is -0.696. The minimum absolute atomic E-state index is 0. The van der Waals surface area contributed by atoms with Crippen molar-refractivity contribution in [2.24, 2.45) is 64.2 Å². The number of nitrogens with two attached hydrogens (primary N) is 2. The molecule has 4 N–H and O–H groups in total. The zero-order valence-corrected chi connectivity index (χ0v) is 74.1. The normalized spacial score (nSPS) is 16.5. The summed E-state index contributed by atoms with van der Waals surface area (Å²) in [5, 5.41) is 7.36. The van der Waals surface area contributed by atoms with Crippen LogP contribution in [0.3, 0.4) is 0 Å². The molecule has 6 atom stereocenters. The van der Waals surface area contributed by atoms with Gasteiger partial charge in [-0.25, -0.2) is 37.0 Å². The first-order valence-electron chi connectivity index (χ1n) is 43.7. The number of ether oxygens (including phenoxy) is 4. The lowest BCUT2D eigenvalue weighted by Crippen LogP contribution is -3.00. The van der Waals surface area contributed by atoms with Crippen LogP contribution >= 0.6 is 0 Å². The van der Waals surface area contributed by atoms with Crippen molar-refractivity contribution in [1.82, 2.24) is 13.7 Å². The highest BCUT2D eigenvalue weighted by Gasteiger charge is 2.36. The summed E-state index contributed by atoms with van der Waals surface area (Å²) >= 11 is 0. The number of terminal acetylenes is 1. The van der Waals surface area contributed by atoms with E-state index in [9.17, 15) is 9.59 Å². The summed E-state index contributed by atoms with van der Waals surface area (Å²) in [6, 6.07) is 30.4. The van der Waals surface area contributed by atoms with Gasteiger partial charge in [0.05, 0.1) is 33.0 Å². The Kier molecular flexibility index (Phi) is 50.2. The van der Waals surface area contributed by atoms with Gasteiger partial charge in [0.25, 0.3) is 0 Å². The first-order chi connectivity index (χ1) is 53.9. The fourth-order valence-corrected chi connectivity index (χ4v) is 15.9. The monoisotopic (exact) mass is 1640 g/mol. The predicted octanol–water partition coefficient (Wildman–Crippen LogP) is 15.4. The van der Waals surface area contributed by atoms with Crippen molar-refractivity contribution in [1.29, 1.82) is 0 Å². The molecule has 4 aromatic carbocycles. The maximum atomic E-state index is 13.1. The average Bonchev–Trinajstić information content (AvgIpc) is 1.66. The summed E-state index contributed by atoms with van der Waals surface area (Å²) in [7, 11) is 2.14. The van der Waals surface area contributed by atoms with Crippen LogP contribution < -0.4 is 64.0 Å². The molecular weight excluding hydrogens is 1490 g/mol. The number of unbranched alkanes of at least 4 members (excludes halogenated alkanes) is 26. The number of para-hydroxylation sites is 4. The molecule has 0 bridgehead atoms. The van der Waals surface area contributed by atoms with Gasteiger partial charge in [0, 0.05) is 0 Å². The number of benzene rings is 4. The average molecular weight is 1640 g/mol. The molecule has 628 valence electrons. The molecule has 2 saturated carbocycles. The van der Waals surface area contributed by atoms with Gasteiger partial charge in [-0.3, -0.25) is 0 Å². The summed E-state index contributed by atoms with van der Waals surface area (Å²) in [6.45, 7) is 26.2. The number of carbonyl (C=O) groups is 2. The lowest BCUT2D eigenvalue weighted by atomic mass is 9.75. The number of fused-ring (bicyclic) bond motifs is 2. The van der Waals surface area contributed by atoms with Crippen LogP contribution in [0.2, 0.25) is 0 Å². The summed E-state index contributed by atoms with van der Waals surface area (Å²) in [6.07, 6.45) is 63.5. The molecule has 2 fully saturated rings. The number of aromatic nitrogens is 6. The van der Waals surface area contributed by atoms with E-state index in [1.807, 2.05) is 77.0 Å². The van der Waals surface area contributed by atoms with E-state index >= 15 is 0 Å². The third-order valence-corrected chi connectivity index (χ3v) is 22.5. The van der Waals surface area contributed by atoms with Gasteiger partial charge in [-0.2, -0.15) is 5.10 Å². The maximum Gasteiger partial charge on any atom is 0.348 e. The van der Waals surface area contributed by atoms with Crippen molar-refractivity contribution >= 4 is 46.2 Å². The van der Waals surface area contributed by atoms with Crippen LogP contribution in [-0.2, 0) is 65.4 Å². The molecular formula is C95H149BrClN10O6+. The molecule has 18 heteroatoms. The molecule has 0 saturated heterocycles. The van der Waals surface area contributed by atoms with E-state index in [1.54, 1.807) is 6.21 Å². The van der Waals surface area contributed by atoms with Crippen LogP contribution in [0.5, 0.6) is 11.5 Å². The zero-order valence-electron chi connectivity index (χ0n) is 71.7. The fourth-order valence-electron chi connectivity index (χ4n) is 15.9. The Bertz CT molecular complexity index is 3710. The first-order valence-corrected chi connectivity index (χ1v) is 43.7. The highest BCUT2D eigenvalue weighted by molar-refractivity contribution is 5.82. The number of hydrogen-bond acceptors (Lipinski definition) is 8. The van der Waals surface area contributed by atoms with E-state index in [4.69, 9.17) is 36.8 Å². The van der Waals surface area contributed by atoms with Gasteiger partial charge in [-0.05, 0) is 154 Å². The van der Waals surface area contributed by atoms with Gasteiger partial charge in [0.1, 0.15) is 31.2 Å². The van der Waals surface area contributed by atoms with E-state index in [2.05, 4.69) is 165 Å². The standard InChI is InChI=1S/C31H47N2O4.C24H41N2.C22H39N2.C18H22N4O2.BrH.ClH/c1-20(2)24-13-11-22(5)15-28(24)36-30(34)17-32-19-33(27-10-8-7-9-26(27)32)18-31(35)37-29-16-23(6)12-14-25(29)21(3)4;1-3-4-5-6-7-8-9-10-11-12-13-14-15-18-21-26-22-25(2)23-19-16-17-20-24(23)26;1-3-5-6-7-8-9-10-11-12-13-14-15-16-17-19-24-21-20-23(22-24)18-4-2;1-3-23-17-10-15(11-21-22-18(19)20)8-9-16(17)24-12-14-6-4-13(2)5-7-14;;/h7-10,19-25,28-29H,11-18H2,1-6H3;16-17,19-20,22H,3-15,18,21H2,1-2H3;2,20-22H,3,5-19H2,1H3;4-11H,3,12H2,1-2H3,(H4,19,20,22);2*1H/q3*+1;;;/p-2/b;;;21-11+;;. The number of nitrogens with zero attached hydrogens (tertiary/aromatic N) is 8. The van der Waals surface area contributed by atoms with Gasteiger partial charge in [0.15, 0.2) is 53.2 Å². The summed E-state index contributed by atoms with van der Waals surface area (Å²) in [4.78, 5) is 26.2. The summed E-state index contributed by atoms with van der Waals surface area (Å²) in [5.41, 5.74) is 18.1. The minimum Gasteiger partial charge on any atom is -1.00 e. The van der Waals surface area contributed by atoms with E-state index in [0.717, 1.165) is 60.9 Å². The highest BCUT2D eigenvalue weighted by Crippen LogP contribution is 2.37. The van der Waals surface area contributed by atoms with Crippen molar-refractivity contribution in [2.45, 2.75) is 339 Å². The Labute approximate surface area is 700 Å². The Morgan fingerprint density at radius 2 is 1.09 bits per heavy atom. The van der Waals surface area contributed by atoms with E-state index < -0.39 is 0 Å². The fraction of sp³-hybridized carbons (Fsp3) is 0.632. The number of rotatable bonds is 46. The summed E-state index contributed by atoms with van der Waals surface area (Å²) in [5.74, 6) is 6.46. The zero-order chi connectivity index (χ0) is 79.8. The van der Waals surface area contributed by atoms with Gasteiger partial charge in [-0.15, -0.1) is 11.5 Å². The van der Waals surface area contributed by atoms with Crippen LogP contribution in [0.15, 0.2) is 133 Å². The second kappa shape index (κ2) is 57.8. The molecule has 3 heterocycles. The van der Waals surface area contributed by atoms with Gasteiger partial charge >= 0.3 is 11.9 Å². The van der Waals surface area contributed by atoms with Crippen LogP contribution in [0.1, 0.15) is 297 Å².